The molecule has 0 bridgehead atoms. The van der Waals surface area contributed by atoms with Crippen LogP contribution in [0.3, 0.4) is 0 Å². The zero-order valence-corrected chi connectivity index (χ0v) is 13.0. The van der Waals surface area contributed by atoms with Gasteiger partial charge in [-0.05, 0) is 12.0 Å². The van der Waals surface area contributed by atoms with Crippen molar-refractivity contribution in [2.24, 2.45) is 5.92 Å². The van der Waals surface area contributed by atoms with Crippen LogP contribution in [0.4, 0.5) is 4.79 Å². The molecule has 0 radical (unpaired) electrons. The molecule has 1 heterocycles. The van der Waals surface area contributed by atoms with Gasteiger partial charge in [-0.1, -0.05) is 44.2 Å². The molecule has 1 saturated heterocycles. The molecule has 2 atom stereocenters. The third-order valence-corrected chi connectivity index (χ3v) is 3.64. The summed E-state index contributed by atoms with van der Waals surface area (Å²) in [6, 6.07) is 9.58. The van der Waals surface area contributed by atoms with Crippen molar-refractivity contribution < 1.29 is 14.3 Å². The highest BCUT2D eigenvalue weighted by atomic mass is 16.6. The van der Waals surface area contributed by atoms with E-state index in [1.165, 1.54) is 4.90 Å². The van der Waals surface area contributed by atoms with Gasteiger partial charge in [-0.15, -0.1) is 11.8 Å². The maximum Gasteiger partial charge on any atom is 0.416 e. The maximum atomic E-state index is 12.5. The minimum absolute atomic E-state index is 0.200. The average molecular weight is 299 g/mol. The van der Waals surface area contributed by atoms with E-state index in [1.54, 1.807) is 6.92 Å². The van der Waals surface area contributed by atoms with E-state index in [4.69, 9.17) is 4.74 Å². The molecule has 0 unspecified atom stereocenters. The van der Waals surface area contributed by atoms with Crippen LogP contribution in [0.1, 0.15) is 32.3 Å². The standard InChI is InChI=1S/C18H21NO3/c1-3-4-6-9-14(2)17(20)19-16(13-22-18(19)21)12-15-10-7-5-8-11-15/h5,7-8,10-11,14,16H,3,9,12-13H2,1-2H3/t14-,16+/m0/s1. The summed E-state index contributed by atoms with van der Waals surface area (Å²) in [5.74, 6) is 5.42. The normalized spacial score (nSPS) is 18.4. The summed E-state index contributed by atoms with van der Waals surface area (Å²) in [7, 11) is 0. The second-order valence-electron chi connectivity index (χ2n) is 5.44. The van der Waals surface area contributed by atoms with Gasteiger partial charge in [-0.25, -0.2) is 9.69 Å². The minimum Gasteiger partial charge on any atom is -0.447 e. The van der Waals surface area contributed by atoms with Crippen molar-refractivity contribution in [3.8, 4) is 11.8 Å². The van der Waals surface area contributed by atoms with E-state index < -0.39 is 6.09 Å². The number of rotatable bonds is 4. The molecular weight excluding hydrogens is 278 g/mol. The quantitative estimate of drug-likeness (QED) is 0.803. The number of ether oxygens (including phenoxy) is 1. The van der Waals surface area contributed by atoms with E-state index in [0.717, 1.165) is 12.0 Å². The largest absolute Gasteiger partial charge is 0.447 e. The van der Waals surface area contributed by atoms with Crippen molar-refractivity contribution in [1.29, 1.82) is 0 Å². The van der Waals surface area contributed by atoms with Gasteiger partial charge in [0.05, 0.1) is 6.04 Å². The molecule has 1 fully saturated rings. The fraction of sp³-hybridized carbons (Fsp3) is 0.444. The highest BCUT2D eigenvalue weighted by Gasteiger charge is 2.39. The zero-order chi connectivity index (χ0) is 15.9. The van der Waals surface area contributed by atoms with E-state index in [9.17, 15) is 9.59 Å². The van der Waals surface area contributed by atoms with Gasteiger partial charge in [0, 0.05) is 18.8 Å². The Balaban J connectivity index is 2.05. The lowest BCUT2D eigenvalue weighted by Gasteiger charge is -2.22. The van der Waals surface area contributed by atoms with Crippen molar-refractivity contribution in [3.05, 3.63) is 35.9 Å². The van der Waals surface area contributed by atoms with E-state index in [1.807, 2.05) is 37.3 Å². The number of cyclic esters (lactones) is 1. The van der Waals surface area contributed by atoms with Crippen LogP contribution in [0.15, 0.2) is 30.3 Å². The fourth-order valence-electron chi connectivity index (χ4n) is 2.44. The van der Waals surface area contributed by atoms with Gasteiger partial charge in [-0.3, -0.25) is 4.79 Å². The third-order valence-electron chi connectivity index (χ3n) is 3.64. The Labute approximate surface area is 131 Å². The van der Waals surface area contributed by atoms with Crippen molar-refractivity contribution >= 4 is 12.0 Å². The molecule has 2 amide bonds. The fourth-order valence-corrected chi connectivity index (χ4v) is 2.44. The summed E-state index contributed by atoms with van der Waals surface area (Å²) in [6.07, 6.45) is 1.31. The number of carbonyl (C=O) groups is 2. The number of amides is 2. The van der Waals surface area contributed by atoms with Crippen LogP contribution < -0.4 is 0 Å². The Bertz CT molecular complexity index is 585. The number of hydrogen-bond acceptors (Lipinski definition) is 3. The number of nitrogens with zero attached hydrogens (tertiary/aromatic N) is 1. The Kier molecular flexibility index (Phi) is 5.60. The maximum absolute atomic E-state index is 12.5. The number of benzene rings is 1. The van der Waals surface area contributed by atoms with E-state index >= 15 is 0 Å². The predicted octanol–water partition coefficient (Wildman–Crippen LogP) is 3.02. The third kappa shape index (κ3) is 3.88. The van der Waals surface area contributed by atoms with Gasteiger partial charge < -0.3 is 4.74 Å². The molecule has 0 spiro atoms. The van der Waals surface area contributed by atoms with Crippen LogP contribution in [0.5, 0.6) is 0 Å². The Hall–Kier alpha value is -2.28. The molecule has 116 valence electrons. The van der Waals surface area contributed by atoms with Gasteiger partial charge >= 0.3 is 6.09 Å². The van der Waals surface area contributed by atoms with Crippen LogP contribution in [0, 0.1) is 17.8 Å². The Morgan fingerprint density at radius 3 is 2.77 bits per heavy atom. The summed E-state index contributed by atoms with van der Waals surface area (Å²) in [4.78, 5) is 25.7. The summed E-state index contributed by atoms with van der Waals surface area (Å²) in [6.45, 7) is 4.03. The molecule has 0 aromatic heterocycles. The first-order chi connectivity index (χ1) is 10.6. The summed E-state index contributed by atoms with van der Waals surface area (Å²) < 4.78 is 5.08. The number of imide groups is 1. The topological polar surface area (TPSA) is 46.6 Å². The van der Waals surface area contributed by atoms with Gasteiger partial charge in [0.2, 0.25) is 5.91 Å². The molecule has 1 aliphatic heterocycles. The van der Waals surface area contributed by atoms with Gasteiger partial charge in [-0.2, -0.15) is 0 Å². The lowest BCUT2D eigenvalue weighted by Crippen LogP contribution is -2.42. The monoisotopic (exact) mass is 299 g/mol. The van der Waals surface area contributed by atoms with Crippen molar-refractivity contribution in [2.75, 3.05) is 6.61 Å². The minimum atomic E-state index is -0.541. The molecular formula is C18H21NO3. The lowest BCUT2D eigenvalue weighted by atomic mass is 10.0. The van der Waals surface area contributed by atoms with Gasteiger partial charge in [0.1, 0.15) is 6.61 Å². The van der Waals surface area contributed by atoms with Crippen LogP contribution in [0.2, 0.25) is 0 Å². The van der Waals surface area contributed by atoms with Crippen molar-refractivity contribution in [3.63, 3.8) is 0 Å². The first-order valence-corrected chi connectivity index (χ1v) is 7.63. The summed E-state index contributed by atoms with van der Waals surface area (Å²) >= 11 is 0. The van der Waals surface area contributed by atoms with E-state index in [0.29, 0.717) is 12.8 Å². The van der Waals surface area contributed by atoms with Crippen molar-refractivity contribution in [2.45, 2.75) is 39.2 Å². The predicted molar refractivity (Wildman–Crippen MR) is 84.0 cm³/mol. The van der Waals surface area contributed by atoms with E-state index in [-0.39, 0.29) is 24.5 Å². The van der Waals surface area contributed by atoms with Gasteiger partial charge in [0.25, 0.3) is 0 Å². The first kappa shape index (κ1) is 16.1. The molecule has 4 nitrogen and oxygen atoms in total. The second kappa shape index (κ2) is 7.65. The lowest BCUT2D eigenvalue weighted by molar-refractivity contribution is -0.132. The number of hydrogen-bond donors (Lipinski definition) is 0. The average Bonchev–Trinajstić information content (AvgIpc) is 2.88. The molecule has 2 rings (SSSR count). The SMILES string of the molecule is CCC#CC[C@H](C)C(=O)N1C(=O)OC[C@H]1Cc1ccccc1. The van der Waals surface area contributed by atoms with Crippen LogP contribution in [-0.4, -0.2) is 29.5 Å². The molecule has 0 saturated carbocycles. The molecule has 22 heavy (non-hydrogen) atoms. The molecule has 0 aliphatic carbocycles. The molecule has 4 heteroatoms. The zero-order valence-electron chi connectivity index (χ0n) is 13.0. The van der Waals surface area contributed by atoms with Crippen LogP contribution in [0.25, 0.3) is 0 Å². The highest BCUT2D eigenvalue weighted by Crippen LogP contribution is 2.20. The first-order valence-electron chi connectivity index (χ1n) is 7.63. The van der Waals surface area contributed by atoms with Gasteiger partial charge in [0.15, 0.2) is 0 Å². The Morgan fingerprint density at radius 1 is 1.36 bits per heavy atom. The highest BCUT2D eigenvalue weighted by molar-refractivity contribution is 5.94. The second-order valence-corrected chi connectivity index (χ2v) is 5.44. The smallest absolute Gasteiger partial charge is 0.416 e. The van der Waals surface area contributed by atoms with Crippen LogP contribution in [-0.2, 0) is 16.0 Å². The molecule has 0 N–H and O–H groups in total. The molecule has 1 aromatic carbocycles. The van der Waals surface area contributed by atoms with Crippen LogP contribution >= 0.6 is 0 Å². The Morgan fingerprint density at radius 2 is 2.09 bits per heavy atom. The number of carbonyl (C=O) groups excluding carboxylic acids is 2. The molecule has 1 aromatic rings. The summed E-state index contributed by atoms with van der Waals surface area (Å²) in [5, 5.41) is 0. The summed E-state index contributed by atoms with van der Waals surface area (Å²) in [5.41, 5.74) is 1.09. The van der Waals surface area contributed by atoms with E-state index in [2.05, 4.69) is 11.8 Å². The van der Waals surface area contributed by atoms with Crippen molar-refractivity contribution in [1.82, 2.24) is 4.90 Å². The molecule has 1 aliphatic rings.